The number of hydrogen-bond acceptors (Lipinski definition) is 7. The number of thiophene rings is 1. The third-order valence-electron chi connectivity index (χ3n) is 4.39. The van der Waals surface area contributed by atoms with Crippen molar-refractivity contribution in [3.63, 3.8) is 0 Å². The summed E-state index contributed by atoms with van der Waals surface area (Å²) in [5.74, 6) is 0.174. The van der Waals surface area contributed by atoms with Crippen molar-refractivity contribution < 1.29 is 14.3 Å². The lowest BCUT2D eigenvalue weighted by Crippen LogP contribution is -2.17. The summed E-state index contributed by atoms with van der Waals surface area (Å²) in [6, 6.07) is 0. The third kappa shape index (κ3) is 4.41. The van der Waals surface area contributed by atoms with Gasteiger partial charge in [-0.2, -0.15) is 0 Å². The van der Waals surface area contributed by atoms with E-state index in [1.807, 2.05) is 4.57 Å². The monoisotopic (exact) mass is 406 g/mol. The molecule has 7 nitrogen and oxygen atoms in total. The molecule has 0 aromatic carbocycles. The first-order valence-corrected chi connectivity index (χ1v) is 10.5. The normalized spacial score (nSPS) is 15.9. The summed E-state index contributed by atoms with van der Waals surface area (Å²) < 4.78 is 6.77. The molecule has 1 amide bonds. The van der Waals surface area contributed by atoms with Crippen LogP contribution in [-0.2, 0) is 28.9 Å². The van der Waals surface area contributed by atoms with E-state index in [2.05, 4.69) is 29.0 Å². The van der Waals surface area contributed by atoms with Crippen LogP contribution in [0.2, 0.25) is 0 Å². The second-order valence-corrected chi connectivity index (χ2v) is 8.49. The Bertz CT molecular complexity index is 859. The lowest BCUT2D eigenvalue weighted by atomic mass is 9.88. The number of esters is 1. The van der Waals surface area contributed by atoms with Crippen molar-refractivity contribution in [1.82, 2.24) is 14.8 Å². The molecule has 2 heterocycles. The number of thioether (sulfide) groups is 1. The van der Waals surface area contributed by atoms with Crippen LogP contribution in [0.25, 0.3) is 0 Å². The van der Waals surface area contributed by atoms with E-state index in [0.717, 1.165) is 24.8 Å². The molecule has 1 N–H and O–H groups in total. The molecule has 0 unspecified atom stereocenters. The Hall–Kier alpha value is -2.13. The summed E-state index contributed by atoms with van der Waals surface area (Å²) >= 11 is 2.78. The van der Waals surface area contributed by atoms with Crippen LogP contribution in [-0.4, -0.2) is 39.5 Å². The molecular formula is C18H22N4O3S2. The zero-order valence-electron chi connectivity index (χ0n) is 15.4. The maximum absolute atomic E-state index is 12.5. The second kappa shape index (κ2) is 8.71. The maximum Gasteiger partial charge on any atom is 0.341 e. The molecule has 2 aromatic heterocycles. The van der Waals surface area contributed by atoms with Gasteiger partial charge in [-0.05, 0) is 30.7 Å². The molecule has 2 aromatic rings. The van der Waals surface area contributed by atoms with Gasteiger partial charge in [0.2, 0.25) is 5.91 Å². The number of fused-ring (bicyclic) bond motifs is 1. The van der Waals surface area contributed by atoms with E-state index in [9.17, 15) is 9.59 Å². The molecule has 0 saturated heterocycles. The third-order valence-corrected chi connectivity index (χ3v) is 6.54. The van der Waals surface area contributed by atoms with Crippen LogP contribution >= 0.6 is 23.1 Å². The Labute approximate surface area is 166 Å². The average molecular weight is 407 g/mol. The molecule has 0 spiro atoms. The van der Waals surface area contributed by atoms with E-state index >= 15 is 0 Å². The summed E-state index contributed by atoms with van der Waals surface area (Å²) in [7, 11) is 1.37. The Kier molecular flexibility index (Phi) is 6.33. The first-order valence-electron chi connectivity index (χ1n) is 8.67. The van der Waals surface area contributed by atoms with Gasteiger partial charge in [0.1, 0.15) is 11.3 Å². The van der Waals surface area contributed by atoms with Crippen molar-refractivity contribution in [3.8, 4) is 0 Å². The molecule has 0 aliphatic heterocycles. The molecule has 1 aliphatic carbocycles. The number of ether oxygens (including phenoxy) is 1. The largest absolute Gasteiger partial charge is 0.465 e. The van der Waals surface area contributed by atoms with Crippen LogP contribution in [0.1, 0.15) is 34.1 Å². The highest BCUT2D eigenvalue weighted by atomic mass is 32.2. The number of amides is 1. The predicted molar refractivity (Wildman–Crippen MR) is 106 cm³/mol. The summed E-state index contributed by atoms with van der Waals surface area (Å²) in [5.41, 5.74) is 1.54. The Balaban J connectivity index is 1.72. The summed E-state index contributed by atoms with van der Waals surface area (Å²) in [4.78, 5) is 25.9. The fraction of sp³-hybridized carbons (Fsp3) is 0.444. The van der Waals surface area contributed by atoms with Gasteiger partial charge in [-0.15, -0.1) is 28.1 Å². The number of anilines is 1. The minimum Gasteiger partial charge on any atom is -0.465 e. The first-order chi connectivity index (χ1) is 13.0. The van der Waals surface area contributed by atoms with E-state index < -0.39 is 5.97 Å². The standard InChI is InChI=1S/C18H22N4O3S2/c1-4-7-22-10-19-21-18(22)26-9-14(23)20-16-15(17(24)25-3)12-6-5-11(2)8-13(12)27-16/h4,10-11H,1,5-9H2,2-3H3,(H,20,23)/t11-/m1/s1. The Morgan fingerprint density at radius 1 is 1.56 bits per heavy atom. The van der Waals surface area contributed by atoms with Gasteiger partial charge in [0.05, 0.1) is 18.4 Å². The van der Waals surface area contributed by atoms with Gasteiger partial charge in [0, 0.05) is 11.4 Å². The smallest absolute Gasteiger partial charge is 0.341 e. The number of allylic oxidation sites excluding steroid dienone is 1. The van der Waals surface area contributed by atoms with Gasteiger partial charge >= 0.3 is 5.97 Å². The van der Waals surface area contributed by atoms with E-state index in [0.29, 0.717) is 28.2 Å². The fourth-order valence-electron chi connectivity index (χ4n) is 3.07. The number of hydrogen-bond donors (Lipinski definition) is 1. The Morgan fingerprint density at radius 3 is 3.11 bits per heavy atom. The van der Waals surface area contributed by atoms with Crippen molar-refractivity contribution >= 4 is 40.0 Å². The van der Waals surface area contributed by atoms with Gasteiger partial charge < -0.3 is 14.6 Å². The molecule has 0 bridgehead atoms. The molecule has 0 saturated carbocycles. The van der Waals surface area contributed by atoms with Gasteiger partial charge in [0.25, 0.3) is 0 Å². The highest BCUT2D eigenvalue weighted by Crippen LogP contribution is 2.40. The number of rotatable bonds is 7. The maximum atomic E-state index is 12.5. The molecule has 1 aliphatic rings. The van der Waals surface area contributed by atoms with Crippen molar-refractivity contribution in [2.75, 3.05) is 18.2 Å². The van der Waals surface area contributed by atoms with Crippen LogP contribution in [0.5, 0.6) is 0 Å². The van der Waals surface area contributed by atoms with Crippen LogP contribution < -0.4 is 5.32 Å². The van der Waals surface area contributed by atoms with Crippen molar-refractivity contribution in [2.45, 2.75) is 37.9 Å². The minimum absolute atomic E-state index is 0.176. The SMILES string of the molecule is C=CCn1cnnc1SCC(=O)Nc1sc2c(c1C(=O)OC)CC[C@@H](C)C2. The minimum atomic E-state index is -0.393. The number of aromatic nitrogens is 3. The topological polar surface area (TPSA) is 86.1 Å². The summed E-state index contributed by atoms with van der Waals surface area (Å²) in [6.07, 6.45) is 6.15. The van der Waals surface area contributed by atoms with Crippen molar-refractivity contribution in [1.29, 1.82) is 0 Å². The highest BCUT2D eigenvalue weighted by molar-refractivity contribution is 7.99. The van der Waals surface area contributed by atoms with E-state index in [4.69, 9.17) is 4.74 Å². The molecule has 9 heteroatoms. The number of methoxy groups -OCH3 is 1. The quantitative estimate of drug-likeness (QED) is 0.432. The molecule has 144 valence electrons. The van der Waals surface area contributed by atoms with E-state index in [1.165, 1.54) is 35.1 Å². The fourth-order valence-corrected chi connectivity index (χ4v) is 5.21. The van der Waals surface area contributed by atoms with E-state index in [-0.39, 0.29) is 11.7 Å². The number of nitrogens with one attached hydrogen (secondary N) is 1. The highest BCUT2D eigenvalue weighted by Gasteiger charge is 2.28. The lowest BCUT2D eigenvalue weighted by molar-refractivity contribution is -0.113. The lowest BCUT2D eigenvalue weighted by Gasteiger charge is -2.18. The summed E-state index contributed by atoms with van der Waals surface area (Å²) in [5, 5.41) is 12.0. The van der Waals surface area contributed by atoms with E-state index in [1.54, 1.807) is 12.4 Å². The van der Waals surface area contributed by atoms with Crippen molar-refractivity contribution in [3.05, 3.63) is 35.0 Å². The first kappa shape index (κ1) is 19.6. The molecule has 0 fully saturated rings. The molecule has 27 heavy (non-hydrogen) atoms. The number of carbonyl (C=O) groups excluding carboxylic acids is 2. The molecule has 0 radical (unpaired) electrons. The Morgan fingerprint density at radius 2 is 2.37 bits per heavy atom. The average Bonchev–Trinajstić information content (AvgIpc) is 3.23. The van der Waals surface area contributed by atoms with Gasteiger partial charge in [-0.3, -0.25) is 4.79 Å². The van der Waals surface area contributed by atoms with Crippen LogP contribution in [0.15, 0.2) is 24.1 Å². The molecule has 1 atom stereocenters. The number of nitrogens with zero attached hydrogens (tertiary/aromatic N) is 3. The van der Waals surface area contributed by atoms with Crippen LogP contribution in [0, 0.1) is 5.92 Å². The zero-order chi connectivity index (χ0) is 19.4. The van der Waals surface area contributed by atoms with Crippen LogP contribution in [0.3, 0.4) is 0 Å². The van der Waals surface area contributed by atoms with Gasteiger partial charge in [-0.1, -0.05) is 24.8 Å². The predicted octanol–water partition coefficient (Wildman–Crippen LogP) is 3.17. The molecule has 3 rings (SSSR count). The van der Waals surface area contributed by atoms with Gasteiger partial charge in [0.15, 0.2) is 5.16 Å². The van der Waals surface area contributed by atoms with Gasteiger partial charge in [-0.25, -0.2) is 4.79 Å². The zero-order valence-corrected chi connectivity index (χ0v) is 17.0. The number of carbonyl (C=O) groups is 2. The molecular weight excluding hydrogens is 384 g/mol. The summed E-state index contributed by atoms with van der Waals surface area (Å²) in [6.45, 7) is 6.48. The van der Waals surface area contributed by atoms with Crippen LogP contribution in [0.4, 0.5) is 5.00 Å². The van der Waals surface area contributed by atoms with Crippen molar-refractivity contribution in [2.24, 2.45) is 5.92 Å². The second-order valence-electron chi connectivity index (χ2n) is 6.44.